The fraction of sp³-hybridized carbons (Fsp3) is 1.00. The molecule has 0 N–H and O–H groups in total. The highest BCUT2D eigenvalue weighted by molar-refractivity contribution is 4.81. The van der Waals surface area contributed by atoms with E-state index in [1.807, 2.05) is 0 Å². The van der Waals surface area contributed by atoms with Crippen LogP contribution >= 0.6 is 0 Å². The van der Waals surface area contributed by atoms with Crippen molar-refractivity contribution in [1.82, 2.24) is 4.90 Å². The molecule has 0 spiro atoms. The molecule has 0 aromatic heterocycles. The van der Waals surface area contributed by atoms with Crippen LogP contribution in [0.15, 0.2) is 0 Å². The Bertz CT molecular complexity index is 255. The third-order valence-electron chi connectivity index (χ3n) is 5.36. The number of ether oxygens (including phenoxy) is 1. The van der Waals surface area contributed by atoms with E-state index in [0.29, 0.717) is 11.5 Å². The van der Waals surface area contributed by atoms with Crippen molar-refractivity contribution < 1.29 is 4.74 Å². The predicted molar refractivity (Wildman–Crippen MR) is 86.1 cm³/mol. The van der Waals surface area contributed by atoms with Crippen LogP contribution in [0.25, 0.3) is 0 Å². The maximum atomic E-state index is 6.15. The Morgan fingerprint density at radius 2 is 1.50 bits per heavy atom. The van der Waals surface area contributed by atoms with E-state index in [2.05, 4.69) is 25.7 Å². The first-order chi connectivity index (χ1) is 9.55. The van der Waals surface area contributed by atoms with Gasteiger partial charge in [-0.2, -0.15) is 0 Å². The summed E-state index contributed by atoms with van der Waals surface area (Å²) in [4.78, 5) is 2.60. The quantitative estimate of drug-likeness (QED) is 0.753. The van der Waals surface area contributed by atoms with Crippen LogP contribution in [0.4, 0.5) is 0 Å². The number of likely N-dealkylation sites (tertiary alicyclic amines) is 1. The van der Waals surface area contributed by atoms with Crippen LogP contribution in [0.2, 0.25) is 0 Å². The van der Waals surface area contributed by atoms with E-state index in [9.17, 15) is 0 Å². The van der Waals surface area contributed by atoms with E-state index in [0.717, 1.165) is 19.1 Å². The van der Waals surface area contributed by atoms with Crippen LogP contribution in [0, 0.1) is 11.3 Å². The van der Waals surface area contributed by atoms with E-state index in [1.165, 1.54) is 64.5 Å². The van der Waals surface area contributed by atoms with Gasteiger partial charge < -0.3 is 9.64 Å². The lowest BCUT2D eigenvalue weighted by atomic mass is 9.72. The van der Waals surface area contributed by atoms with Gasteiger partial charge in [-0.25, -0.2) is 0 Å². The van der Waals surface area contributed by atoms with Crippen molar-refractivity contribution in [2.75, 3.05) is 26.2 Å². The summed E-state index contributed by atoms with van der Waals surface area (Å²) in [5, 5.41) is 0. The molecule has 1 saturated heterocycles. The molecule has 20 heavy (non-hydrogen) atoms. The van der Waals surface area contributed by atoms with Gasteiger partial charge in [-0.05, 0) is 62.9 Å². The Hall–Kier alpha value is -0.0800. The monoisotopic (exact) mass is 281 g/mol. The molecule has 118 valence electrons. The summed E-state index contributed by atoms with van der Waals surface area (Å²) in [6.45, 7) is 11.8. The van der Waals surface area contributed by atoms with Crippen LogP contribution in [0.1, 0.15) is 72.1 Å². The third-order valence-corrected chi connectivity index (χ3v) is 5.36. The predicted octanol–water partition coefficient (Wildman–Crippen LogP) is 4.48. The smallest absolute Gasteiger partial charge is 0.0597 e. The summed E-state index contributed by atoms with van der Waals surface area (Å²) < 4.78 is 6.15. The Kier molecular flexibility index (Phi) is 6.35. The van der Waals surface area contributed by atoms with Crippen molar-refractivity contribution >= 4 is 0 Å². The normalized spacial score (nSPS) is 30.1. The maximum absolute atomic E-state index is 6.15. The molecule has 1 aliphatic heterocycles. The second-order valence-electron chi connectivity index (χ2n) is 7.97. The molecule has 0 aromatic rings. The molecule has 2 rings (SSSR count). The fourth-order valence-electron chi connectivity index (χ4n) is 3.80. The van der Waals surface area contributed by atoms with Gasteiger partial charge in [0, 0.05) is 6.54 Å². The zero-order valence-electron chi connectivity index (χ0n) is 14.0. The van der Waals surface area contributed by atoms with Crippen molar-refractivity contribution in [2.45, 2.75) is 78.2 Å². The van der Waals surface area contributed by atoms with Gasteiger partial charge in [0.05, 0.1) is 12.7 Å². The van der Waals surface area contributed by atoms with Crippen molar-refractivity contribution in [3.05, 3.63) is 0 Å². The van der Waals surface area contributed by atoms with Crippen molar-refractivity contribution in [2.24, 2.45) is 11.3 Å². The van der Waals surface area contributed by atoms with Gasteiger partial charge in [-0.1, -0.05) is 33.6 Å². The van der Waals surface area contributed by atoms with Crippen molar-refractivity contribution in [3.8, 4) is 0 Å². The average Bonchev–Trinajstić information content (AvgIpc) is 2.67. The molecule has 0 aromatic carbocycles. The summed E-state index contributed by atoms with van der Waals surface area (Å²) in [7, 11) is 0. The molecular formula is C18H35NO. The molecule has 2 nitrogen and oxygen atoms in total. The van der Waals surface area contributed by atoms with Gasteiger partial charge in [0.2, 0.25) is 0 Å². The Morgan fingerprint density at radius 1 is 0.900 bits per heavy atom. The van der Waals surface area contributed by atoms with Gasteiger partial charge >= 0.3 is 0 Å². The standard InChI is InChI=1S/C18H35NO/c1-18(2,3)16-8-10-17(11-9-16)20-15-14-19-12-6-4-5-7-13-19/h16-17H,4-15H2,1-3H3. The van der Waals surface area contributed by atoms with Crippen LogP contribution in [0.5, 0.6) is 0 Å². The zero-order chi connectivity index (χ0) is 14.4. The molecule has 0 bridgehead atoms. The van der Waals surface area contributed by atoms with Gasteiger partial charge in [0.15, 0.2) is 0 Å². The van der Waals surface area contributed by atoms with Gasteiger partial charge in [0.1, 0.15) is 0 Å². The largest absolute Gasteiger partial charge is 0.377 e. The molecule has 1 saturated carbocycles. The first kappa shape index (κ1) is 16.3. The summed E-state index contributed by atoms with van der Waals surface area (Å²) in [5.41, 5.74) is 0.483. The molecule has 0 radical (unpaired) electrons. The molecule has 2 fully saturated rings. The minimum Gasteiger partial charge on any atom is -0.377 e. The summed E-state index contributed by atoms with van der Waals surface area (Å²) in [5.74, 6) is 0.896. The summed E-state index contributed by atoms with van der Waals surface area (Å²) in [6.07, 6.45) is 11.4. The van der Waals surface area contributed by atoms with E-state index < -0.39 is 0 Å². The Labute approximate surface area is 126 Å². The SMILES string of the molecule is CC(C)(C)C1CCC(OCCN2CCCCCC2)CC1. The molecular weight excluding hydrogens is 246 g/mol. The van der Waals surface area contributed by atoms with Crippen LogP contribution in [0.3, 0.4) is 0 Å². The highest BCUT2D eigenvalue weighted by atomic mass is 16.5. The molecule has 0 unspecified atom stereocenters. The number of hydrogen-bond acceptors (Lipinski definition) is 2. The lowest BCUT2D eigenvalue weighted by Gasteiger charge is -2.37. The van der Waals surface area contributed by atoms with E-state index in [1.54, 1.807) is 0 Å². The average molecular weight is 281 g/mol. The highest BCUT2D eigenvalue weighted by Crippen LogP contribution is 2.38. The first-order valence-corrected chi connectivity index (χ1v) is 8.89. The Morgan fingerprint density at radius 3 is 2.05 bits per heavy atom. The molecule has 0 amide bonds. The van der Waals surface area contributed by atoms with Crippen LogP contribution in [-0.2, 0) is 4.74 Å². The van der Waals surface area contributed by atoms with Crippen LogP contribution < -0.4 is 0 Å². The van der Waals surface area contributed by atoms with E-state index >= 15 is 0 Å². The number of nitrogens with zero attached hydrogens (tertiary/aromatic N) is 1. The number of rotatable bonds is 4. The molecule has 2 aliphatic rings. The first-order valence-electron chi connectivity index (χ1n) is 8.89. The van der Waals surface area contributed by atoms with E-state index in [4.69, 9.17) is 4.74 Å². The van der Waals surface area contributed by atoms with Crippen molar-refractivity contribution in [1.29, 1.82) is 0 Å². The highest BCUT2D eigenvalue weighted by Gasteiger charge is 2.29. The van der Waals surface area contributed by atoms with Crippen molar-refractivity contribution in [3.63, 3.8) is 0 Å². The molecule has 1 heterocycles. The Balaban J connectivity index is 1.59. The van der Waals surface area contributed by atoms with Gasteiger partial charge in [-0.3, -0.25) is 0 Å². The zero-order valence-corrected chi connectivity index (χ0v) is 14.0. The second kappa shape index (κ2) is 7.79. The minimum atomic E-state index is 0.483. The molecule has 0 atom stereocenters. The third kappa shape index (κ3) is 5.37. The van der Waals surface area contributed by atoms with Crippen LogP contribution in [-0.4, -0.2) is 37.2 Å². The molecule has 1 aliphatic carbocycles. The second-order valence-corrected chi connectivity index (χ2v) is 7.97. The van der Waals surface area contributed by atoms with E-state index in [-0.39, 0.29) is 0 Å². The number of hydrogen-bond donors (Lipinski definition) is 0. The van der Waals surface area contributed by atoms with Gasteiger partial charge in [0.25, 0.3) is 0 Å². The summed E-state index contributed by atoms with van der Waals surface area (Å²) >= 11 is 0. The maximum Gasteiger partial charge on any atom is 0.0597 e. The fourth-order valence-corrected chi connectivity index (χ4v) is 3.80. The lowest BCUT2D eigenvalue weighted by molar-refractivity contribution is -0.00455. The molecule has 2 heteroatoms. The topological polar surface area (TPSA) is 12.5 Å². The van der Waals surface area contributed by atoms with Gasteiger partial charge in [-0.15, -0.1) is 0 Å². The lowest BCUT2D eigenvalue weighted by Crippen LogP contribution is -2.32. The minimum absolute atomic E-state index is 0.483. The summed E-state index contributed by atoms with van der Waals surface area (Å²) in [6, 6.07) is 0.